The molecule has 5 aromatic carbocycles. The van der Waals surface area contributed by atoms with Crippen molar-refractivity contribution in [3.8, 4) is 45.6 Å². The second-order valence-corrected chi connectivity index (χ2v) is 13.8. The smallest absolute Gasteiger partial charge is 0.235 e. The molecule has 0 N–H and O–H groups in total. The molecule has 13 heteroatoms. The molecule has 8 aromatic rings. The molecule has 0 atom stereocenters. The van der Waals surface area contributed by atoms with Crippen LogP contribution in [0.1, 0.15) is 17.7 Å². The van der Waals surface area contributed by atoms with Crippen molar-refractivity contribution in [2.75, 3.05) is 33.5 Å². The average Bonchev–Trinajstić information content (AvgIpc) is 3.74. The molecule has 0 amide bonds. The molecule has 0 bridgehead atoms. The zero-order chi connectivity index (χ0) is 41.3. The first-order valence-electron chi connectivity index (χ1n) is 19.4. The third-order valence-corrected chi connectivity index (χ3v) is 9.61. The van der Waals surface area contributed by atoms with Gasteiger partial charge in [0.2, 0.25) is 11.2 Å². The predicted octanol–water partition coefficient (Wildman–Crippen LogP) is 8.66. The Balaban J connectivity index is 0.758. The lowest BCUT2D eigenvalue weighted by atomic mass is 10.1. The molecule has 0 spiro atoms. The van der Waals surface area contributed by atoms with Gasteiger partial charge in [-0.05, 0) is 109 Å². The van der Waals surface area contributed by atoms with E-state index in [1.807, 2.05) is 85.1 Å². The zero-order valence-corrected chi connectivity index (χ0v) is 32.7. The Labute approximate surface area is 343 Å². The zero-order valence-electron chi connectivity index (χ0n) is 32.7. The Hall–Kier alpha value is -7.25. The minimum atomic E-state index is -0.486. The fraction of sp³-hybridized carbons (Fsp3) is 0.191. The molecule has 0 radical (unpaired) electrons. The number of benzene rings is 5. The number of aromatic nitrogens is 3. The standard InChI is InChI=1S/C47H40FN3O9/c1-54-38-8-4-6-31(26-38)30-58-47-45(53)39-9-2-3-10-42(39)60-46(47)33-13-18-37(19-14-33)57-25-24-55-23-21-51-29-35(49-50-51)7-5-22-56-36-16-11-32(12-17-36)44-28-41(52)40-27-34(48)15-20-43(40)59-44/h2-4,6,8-20,26-29H,5,7,21-25,30H2,1H3. The van der Waals surface area contributed by atoms with Gasteiger partial charge in [0.15, 0.2) is 11.2 Å². The Bertz CT molecular complexity index is 2840. The van der Waals surface area contributed by atoms with Crippen molar-refractivity contribution in [1.29, 1.82) is 0 Å². The molecule has 304 valence electrons. The van der Waals surface area contributed by atoms with E-state index in [4.69, 9.17) is 32.5 Å². The van der Waals surface area contributed by atoms with Crippen molar-refractivity contribution in [1.82, 2.24) is 15.0 Å². The highest BCUT2D eigenvalue weighted by atomic mass is 19.1. The van der Waals surface area contributed by atoms with Gasteiger partial charge in [-0.3, -0.25) is 9.59 Å². The van der Waals surface area contributed by atoms with Crippen molar-refractivity contribution in [2.45, 2.75) is 26.0 Å². The van der Waals surface area contributed by atoms with Gasteiger partial charge in [-0.25, -0.2) is 9.07 Å². The van der Waals surface area contributed by atoms with Crippen LogP contribution in [0.25, 0.3) is 44.6 Å². The Morgan fingerprint density at radius 1 is 0.683 bits per heavy atom. The third-order valence-electron chi connectivity index (χ3n) is 9.61. The van der Waals surface area contributed by atoms with Gasteiger partial charge in [0.05, 0.1) is 49.9 Å². The minimum Gasteiger partial charge on any atom is -0.497 e. The quantitative estimate of drug-likeness (QED) is 0.0770. The van der Waals surface area contributed by atoms with E-state index in [2.05, 4.69) is 10.3 Å². The number of hydrogen-bond acceptors (Lipinski definition) is 11. The number of nitrogens with zero attached hydrogens (tertiary/aromatic N) is 3. The first-order chi connectivity index (χ1) is 29.4. The van der Waals surface area contributed by atoms with Crippen LogP contribution in [0.3, 0.4) is 0 Å². The number of para-hydroxylation sites is 1. The van der Waals surface area contributed by atoms with Crippen LogP contribution in [0.2, 0.25) is 0 Å². The molecule has 60 heavy (non-hydrogen) atoms. The van der Waals surface area contributed by atoms with Gasteiger partial charge in [-0.2, -0.15) is 0 Å². The van der Waals surface area contributed by atoms with E-state index in [0.717, 1.165) is 17.7 Å². The summed E-state index contributed by atoms with van der Waals surface area (Å²) in [5.41, 5.74) is 3.33. The number of aryl methyl sites for hydroxylation is 1. The monoisotopic (exact) mass is 809 g/mol. The molecule has 12 nitrogen and oxygen atoms in total. The van der Waals surface area contributed by atoms with Gasteiger partial charge < -0.3 is 32.5 Å². The molecule has 3 heterocycles. The minimum absolute atomic E-state index is 0.130. The van der Waals surface area contributed by atoms with Crippen molar-refractivity contribution < 1.29 is 36.9 Å². The maximum Gasteiger partial charge on any atom is 0.235 e. The van der Waals surface area contributed by atoms with Gasteiger partial charge >= 0.3 is 0 Å². The maximum absolute atomic E-state index is 13.6. The third kappa shape index (κ3) is 9.54. The summed E-state index contributed by atoms with van der Waals surface area (Å²) in [6, 6.07) is 34.4. The van der Waals surface area contributed by atoms with Gasteiger partial charge in [0.25, 0.3) is 0 Å². The molecule has 3 aromatic heterocycles. The fourth-order valence-electron chi connectivity index (χ4n) is 6.54. The molecule has 0 saturated carbocycles. The van der Waals surface area contributed by atoms with Crippen molar-refractivity contribution in [3.63, 3.8) is 0 Å². The van der Waals surface area contributed by atoms with Crippen LogP contribution < -0.4 is 29.8 Å². The highest BCUT2D eigenvalue weighted by Crippen LogP contribution is 2.33. The van der Waals surface area contributed by atoms with Crippen LogP contribution >= 0.6 is 0 Å². The normalized spacial score (nSPS) is 11.2. The van der Waals surface area contributed by atoms with Crippen molar-refractivity contribution in [2.24, 2.45) is 0 Å². The average molecular weight is 810 g/mol. The number of hydrogen-bond donors (Lipinski definition) is 0. The Kier molecular flexibility index (Phi) is 12.2. The van der Waals surface area contributed by atoms with E-state index < -0.39 is 5.82 Å². The van der Waals surface area contributed by atoms with Crippen LogP contribution in [0.5, 0.6) is 23.0 Å². The summed E-state index contributed by atoms with van der Waals surface area (Å²) >= 11 is 0. The molecule has 0 unspecified atom stereocenters. The molecule has 0 fully saturated rings. The number of fused-ring (bicyclic) bond motifs is 2. The van der Waals surface area contributed by atoms with Crippen LogP contribution in [-0.2, 0) is 24.3 Å². The Morgan fingerprint density at radius 3 is 2.27 bits per heavy atom. The molecule has 0 aliphatic carbocycles. The summed E-state index contributed by atoms with van der Waals surface area (Å²) in [6.45, 7) is 2.33. The molecular weight excluding hydrogens is 770 g/mol. The van der Waals surface area contributed by atoms with E-state index in [1.165, 1.54) is 24.3 Å². The lowest BCUT2D eigenvalue weighted by Crippen LogP contribution is -2.12. The van der Waals surface area contributed by atoms with Gasteiger partial charge in [0.1, 0.15) is 53.2 Å². The second kappa shape index (κ2) is 18.6. The topological polar surface area (TPSA) is 137 Å². The van der Waals surface area contributed by atoms with Crippen molar-refractivity contribution >= 4 is 21.9 Å². The molecule has 0 aliphatic heterocycles. The first-order valence-corrected chi connectivity index (χ1v) is 19.4. The molecule has 8 rings (SSSR count). The maximum atomic E-state index is 13.6. The van der Waals surface area contributed by atoms with E-state index in [1.54, 1.807) is 30.0 Å². The fourth-order valence-corrected chi connectivity index (χ4v) is 6.54. The summed E-state index contributed by atoms with van der Waals surface area (Å²) in [5, 5.41) is 9.11. The van der Waals surface area contributed by atoms with E-state index in [-0.39, 0.29) is 28.6 Å². The van der Waals surface area contributed by atoms with Crippen molar-refractivity contribution in [3.05, 3.63) is 165 Å². The molecule has 0 saturated heterocycles. The van der Waals surface area contributed by atoms with Crippen LogP contribution in [0.15, 0.2) is 146 Å². The summed E-state index contributed by atoms with van der Waals surface area (Å²) in [6.07, 6.45) is 3.33. The van der Waals surface area contributed by atoms with Gasteiger partial charge in [-0.15, -0.1) is 5.10 Å². The predicted molar refractivity (Wildman–Crippen MR) is 223 cm³/mol. The first kappa shape index (κ1) is 39.6. The highest BCUT2D eigenvalue weighted by molar-refractivity contribution is 5.82. The lowest BCUT2D eigenvalue weighted by molar-refractivity contribution is 0.0923. The Morgan fingerprint density at radius 2 is 1.45 bits per heavy atom. The number of halogens is 1. The second-order valence-electron chi connectivity index (χ2n) is 13.8. The van der Waals surface area contributed by atoms with Crippen LogP contribution in [0, 0.1) is 5.82 Å². The molecule has 0 aliphatic rings. The summed E-state index contributed by atoms with van der Waals surface area (Å²) in [4.78, 5) is 26.0. The largest absolute Gasteiger partial charge is 0.497 e. The van der Waals surface area contributed by atoms with Gasteiger partial charge in [-0.1, -0.05) is 29.5 Å². The summed E-state index contributed by atoms with van der Waals surface area (Å²) in [7, 11) is 1.60. The molecular formula is C47H40FN3O9. The van der Waals surface area contributed by atoms with Gasteiger partial charge in [0, 0.05) is 23.4 Å². The van der Waals surface area contributed by atoms with Crippen LogP contribution in [-0.4, -0.2) is 48.5 Å². The summed E-state index contributed by atoms with van der Waals surface area (Å²) in [5.74, 6) is 2.40. The lowest BCUT2D eigenvalue weighted by Gasteiger charge is -2.13. The number of ether oxygens (including phenoxy) is 5. The van der Waals surface area contributed by atoms with Crippen LogP contribution in [0.4, 0.5) is 4.39 Å². The van der Waals surface area contributed by atoms with E-state index >= 15 is 0 Å². The summed E-state index contributed by atoms with van der Waals surface area (Å²) < 4.78 is 56.3. The number of methoxy groups -OCH3 is 1. The van der Waals surface area contributed by atoms with E-state index in [9.17, 15) is 14.0 Å². The SMILES string of the molecule is COc1cccc(COc2c(-c3ccc(OCCOCCn4cc(CCCOc5ccc(-c6cc(=O)c7cc(F)ccc7o6)cc5)nn4)cc3)oc3ccccc3c2=O)c1. The highest BCUT2D eigenvalue weighted by Gasteiger charge is 2.18. The number of rotatable bonds is 18. The van der Waals surface area contributed by atoms with E-state index in [0.29, 0.717) is 95.8 Å².